The van der Waals surface area contributed by atoms with Crippen molar-refractivity contribution in [3.8, 4) is 10.4 Å². The molecule has 3 aromatic rings. The van der Waals surface area contributed by atoms with Gasteiger partial charge in [-0.05, 0) is 34.6 Å². The maximum atomic E-state index is 2.22. The molecule has 0 spiro atoms. The Morgan fingerprint density at radius 1 is 0.722 bits per heavy atom. The fourth-order valence-electron chi connectivity index (χ4n) is 2.16. The normalized spacial score (nSPS) is 10.4. The molecule has 0 aliphatic carbocycles. The van der Waals surface area contributed by atoms with Crippen molar-refractivity contribution >= 4 is 11.3 Å². The number of hydrogen-bond donors (Lipinski definition) is 0. The van der Waals surface area contributed by atoms with Gasteiger partial charge in [0.1, 0.15) is 0 Å². The lowest BCUT2D eigenvalue weighted by Crippen LogP contribution is -1.90. The van der Waals surface area contributed by atoms with E-state index in [-0.39, 0.29) is 0 Å². The summed E-state index contributed by atoms with van der Waals surface area (Å²) in [7, 11) is 0. The highest BCUT2D eigenvalue weighted by Gasteiger charge is 2.05. The summed E-state index contributed by atoms with van der Waals surface area (Å²) in [6.45, 7) is 0. The van der Waals surface area contributed by atoms with E-state index in [4.69, 9.17) is 0 Å². The minimum atomic E-state index is 0.995. The van der Waals surface area contributed by atoms with Gasteiger partial charge in [-0.2, -0.15) is 0 Å². The van der Waals surface area contributed by atoms with Crippen molar-refractivity contribution in [2.24, 2.45) is 0 Å². The van der Waals surface area contributed by atoms with Crippen LogP contribution in [0.2, 0.25) is 0 Å². The van der Waals surface area contributed by atoms with E-state index in [0.29, 0.717) is 0 Å². The maximum absolute atomic E-state index is 2.22. The molecular formula is C17H14S. The predicted octanol–water partition coefficient (Wildman–Crippen LogP) is 5.01. The highest BCUT2D eigenvalue weighted by molar-refractivity contribution is 7.13. The highest BCUT2D eigenvalue weighted by atomic mass is 32.1. The third-order valence-electron chi connectivity index (χ3n) is 3.04. The zero-order chi connectivity index (χ0) is 12.2. The Kier molecular flexibility index (Phi) is 3.24. The van der Waals surface area contributed by atoms with Gasteiger partial charge in [-0.25, -0.2) is 0 Å². The van der Waals surface area contributed by atoms with Gasteiger partial charge in [-0.3, -0.25) is 0 Å². The van der Waals surface area contributed by atoms with Crippen LogP contribution in [0.5, 0.6) is 0 Å². The Bertz CT molecular complexity index is 609. The molecule has 0 aliphatic heterocycles. The van der Waals surface area contributed by atoms with Crippen LogP contribution in [0.15, 0.2) is 72.1 Å². The molecule has 0 aliphatic rings. The Balaban J connectivity index is 1.98. The SMILES string of the molecule is c1ccc(Cc2ccccc2-c2cccs2)cc1. The molecule has 2 aromatic carbocycles. The van der Waals surface area contributed by atoms with Crippen LogP contribution < -0.4 is 0 Å². The summed E-state index contributed by atoms with van der Waals surface area (Å²) in [5, 5.41) is 2.13. The van der Waals surface area contributed by atoms with Gasteiger partial charge in [0.2, 0.25) is 0 Å². The van der Waals surface area contributed by atoms with Crippen LogP contribution in [-0.2, 0) is 6.42 Å². The first-order valence-corrected chi connectivity index (χ1v) is 6.97. The Labute approximate surface area is 112 Å². The molecule has 1 heteroatoms. The molecule has 0 saturated heterocycles. The van der Waals surface area contributed by atoms with Crippen molar-refractivity contribution in [3.05, 3.63) is 83.2 Å². The van der Waals surface area contributed by atoms with E-state index in [1.165, 1.54) is 21.6 Å². The minimum absolute atomic E-state index is 0.995. The lowest BCUT2D eigenvalue weighted by atomic mass is 9.99. The summed E-state index contributed by atoms with van der Waals surface area (Å²) >= 11 is 1.80. The predicted molar refractivity (Wildman–Crippen MR) is 79.0 cm³/mol. The van der Waals surface area contributed by atoms with Crippen molar-refractivity contribution in [1.82, 2.24) is 0 Å². The zero-order valence-corrected chi connectivity index (χ0v) is 10.9. The summed E-state index contributed by atoms with van der Waals surface area (Å²) in [6, 6.07) is 23.6. The van der Waals surface area contributed by atoms with E-state index >= 15 is 0 Å². The Morgan fingerprint density at radius 2 is 1.50 bits per heavy atom. The van der Waals surface area contributed by atoms with Crippen LogP contribution in [0.25, 0.3) is 10.4 Å². The minimum Gasteiger partial charge on any atom is -0.144 e. The molecule has 0 radical (unpaired) electrons. The van der Waals surface area contributed by atoms with Crippen molar-refractivity contribution in [2.75, 3.05) is 0 Å². The van der Waals surface area contributed by atoms with Gasteiger partial charge in [-0.15, -0.1) is 11.3 Å². The van der Waals surface area contributed by atoms with Gasteiger partial charge >= 0.3 is 0 Å². The summed E-state index contributed by atoms with van der Waals surface area (Å²) in [5.41, 5.74) is 4.11. The number of thiophene rings is 1. The topological polar surface area (TPSA) is 0 Å². The first kappa shape index (κ1) is 11.2. The summed E-state index contributed by atoms with van der Waals surface area (Å²) < 4.78 is 0. The summed E-state index contributed by atoms with van der Waals surface area (Å²) in [6.07, 6.45) is 0.995. The van der Waals surface area contributed by atoms with E-state index in [2.05, 4.69) is 72.1 Å². The maximum Gasteiger partial charge on any atom is 0.0345 e. The van der Waals surface area contributed by atoms with Gasteiger partial charge in [0, 0.05) is 4.88 Å². The van der Waals surface area contributed by atoms with Gasteiger partial charge in [0.15, 0.2) is 0 Å². The average molecular weight is 250 g/mol. The number of benzene rings is 2. The molecule has 0 N–H and O–H groups in total. The van der Waals surface area contributed by atoms with Gasteiger partial charge < -0.3 is 0 Å². The van der Waals surface area contributed by atoms with E-state index in [0.717, 1.165) is 6.42 Å². The number of rotatable bonds is 3. The van der Waals surface area contributed by atoms with Crippen LogP contribution >= 0.6 is 11.3 Å². The third-order valence-corrected chi connectivity index (χ3v) is 3.94. The fraction of sp³-hybridized carbons (Fsp3) is 0.0588. The van der Waals surface area contributed by atoms with Crippen LogP contribution in [0, 0.1) is 0 Å². The first-order valence-electron chi connectivity index (χ1n) is 6.09. The number of hydrogen-bond acceptors (Lipinski definition) is 1. The average Bonchev–Trinajstić information content (AvgIpc) is 2.94. The molecule has 3 rings (SSSR count). The van der Waals surface area contributed by atoms with Crippen LogP contribution in [0.3, 0.4) is 0 Å². The van der Waals surface area contributed by atoms with Crippen LogP contribution in [-0.4, -0.2) is 0 Å². The molecule has 0 bridgehead atoms. The first-order chi connectivity index (χ1) is 8.93. The standard InChI is InChI=1S/C17H14S/c1-2-7-14(8-3-1)13-15-9-4-5-10-16(15)17-11-6-12-18-17/h1-12H,13H2. The molecule has 0 amide bonds. The van der Waals surface area contributed by atoms with E-state index in [9.17, 15) is 0 Å². The molecule has 0 atom stereocenters. The van der Waals surface area contributed by atoms with Crippen molar-refractivity contribution in [3.63, 3.8) is 0 Å². The van der Waals surface area contributed by atoms with Crippen LogP contribution in [0.1, 0.15) is 11.1 Å². The molecule has 0 nitrogen and oxygen atoms in total. The fourth-order valence-corrected chi connectivity index (χ4v) is 2.95. The lowest BCUT2D eigenvalue weighted by molar-refractivity contribution is 1.20. The summed E-state index contributed by atoms with van der Waals surface area (Å²) in [5.74, 6) is 0. The summed E-state index contributed by atoms with van der Waals surface area (Å²) in [4.78, 5) is 1.35. The second-order valence-electron chi connectivity index (χ2n) is 4.30. The van der Waals surface area contributed by atoms with Crippen molar-refractivity contribution in [2.45, 2.75) is 6.42 Å². The smallest absolute Gasteiger partial charge is 0.0345 e. The van der Waals surface area contributed by atoms with E-state index in [1.807, 2.05) is 0 Å². The molecule has 0 unspecified atom stereocenters. The molecular weight excluding hydrogens is 236 g/mol. The van der Waals surface area contributed by atoms with Crippen molar-refractivity contribution in [1.29, 1.82) is 0 Å². The van der Waals surface area contributed by atoms with Gasteiger partial charge in [-0.1, -0.05) is 60.7 Å². The third kappa shape index (κ3) is 2.36. The van der Waals surface area contributed by atoms with Gasteiger partial charge in [0.05, 0.1) is 0 Å². The largest absolute Gasteiger partial charge is 0.144 e. The van der Waals surface area contributed by atoms with E-state index < -0.39 is 0 Å². The van der Waals surface area contributed by atoms with E-state index in [1.54, 1.807) is 11.3 Å². The molecule has 1 heterocycles. The molecule has 0 fully saturated rings. The second kappa shape index (κ2) is 5.19. The molecule has 1 aromatic heterocycles. The lowest BCUT2D eigenvalue weighted by Gasteiger charge is -2.08. The Morgan fingerprint density at radius 3 is 2.28 bits per heavy atom. The van der Waals surface area contributed by atoms with Crippen molar-refractivity contribution < 1.29 is 0 Å². The van der Waals surface area contributed by atoms with Crippen LogP contribution in [0.4, 0.5) is 0 Å². The molecule has 0 saturated carbocycles. The molecule has 18 heavy (non-hydrogen) atoms. The van der Waals surface area contributed by atoms with Gasteiger partial charge in [0.25, 0.3) is 0 Å². The second-order valence-corrected chi connectivity index (χ2v) is 5.24. The highest BCUT2D eigenvalue weighted by Crippen LogP contribution is 2.29. The monoisotopic (exact) mass is 250 g/mol. The zero-order valence-electron chi connectivity index (χ0n) is 10.0. The quantitative estimate of drug-likeness (QED) is 0.613. The Hall–Kier alpha value is -1.86. The molecule has 88 valence electrons.